The number of rotatable bonds is 4. The van der Waals surface area contributed by atoms with Crippen molar-refractivity contribution in [3.05, 3.63) is 58.7 Å². The van der Waals surface area contributed by atoms with Gasteiger partial charge in [-0.05, 0) is 59.4 Å². The number of anilines is 2. The van der Waals surface area contributed by atoms with Crippen molar-refractivity contribution in [2.24, 2.45) is 0 Å². The van der Waals surface area contributed by atoms with Crippen molar-refractivity contribution in [2.45, 2.75) is 39.5 Å². The highest BCUT2D eigenvalue weighted by atomic mass is 14.5. The summed E-state index contributed by atoms with van der Waals surface area (Å²) in [6, 6.07) is 12.5. The molecule has 0 fully saturated rings. The van der Waals surface area contributed by atoms with Gasteiger partial charge in [0.25, 0.3) is 0 Å². The molecular formula is C18H24N2. The summed E-state index contributed by atoms with van der Waals surface area (Å²) in [5.74, 6) is 0.362. The molecule has 2 aromatic carbocycles. The van der Waals surface area contributed by atoms with Gasteiger partial charge in [-0.25, -0.2) is 0 Å². The van der Waals surface area contributed by atoms with E-state index in [-0.39, 0.29) is 0 Å². The number of benzene rings is 2. The topological polar surface area (TPSA) is 52.0 Å². The Morgan fingerprint density at radius 2 is 1.20 bits per heavy atom. The van der Waals surface area contributed by atoms with Gasteiger partial charge in [-0.3, -0.25) is 0 Å². The maximum atomic E-state index is 5.90. The Labute approximate surface area is 121 Å². The van der Waals surface area contributed by atoms with Crippen LogP contribution in [0.4, 0.5) is 11.4 Å². The fourth-order valence-corrected chi connectivity index (χ4v) is 2.88. The van der Waals surface area contributed by atoms with Crippen LogP contribution in [0.3, 0.4) is 0 Å². The van der Waals surface area contributed by atoms with E-state index in [1.807, 2.05) is 12.1 Å². The van der Waals surface area contributed by atoms with Crippen LogP contribution in [0.15, 0.2) is 36.4 Å². The summed E-state index contributed by atoms with van der Waals surface area (Å²) >= 11 is 0. The van der Waals surface area contributed by atoms with Gasteiger partial charge >= 0.3 is 0 Å². The van der Waals surface area contributed by atoms with Crippen LogP contribution in [0.25, 0.3) is 0 Å². The molecule has 0 unspecified atom stereocenters. The molecular weight excluding hydrogens is 244 g/mol. The van der Waals surface area contributed by atoms with Crippen LogP contribution in [-0.2, 0) is 12.8 Å². The quantitative estimate of drug-likeness (QED) is 0.819. The second kappa shape index (κ2) is 6.00. The summed E-state index contributed by atoms with van der Waals surface area (Å²) < 4.78 is 0. The highest BCUT2D eigenvalue weighted by Gasteiger charge is 2.15. The van der Waals surface area contributed by atoms with Crippen LogP contribution in [0.2, 0.25) is 0 Å². The van der Waals surface area contributed by atoms with Crippen LogP contribution in [0, 0.1) is 0 Å². The molecule has 0 aliphatic rings. The van der Waals surface area contributed by atoms with Gasteiger partial charge < -0.3 is 11.5 Å². The first-order chi connectivity index (χ1) is 9.56. The van der Waals surface area contributed by atoms with Crippen LogP contribution in [0.1, 0.15) is 48.9 Å². The molecule has 0 heterocycles. The van der Waals surface area contributed by atoms with Gasteiger partial charge in [-0.2, -0.15) is 0 Å². The van der Waals surface area contributed by atoms with Gasteiger partial charge in [0.15, 0.2) is 0 Å². The molecule has 2 rings (SSSR count). The molecule has 0 aliphatic heterocycles. The van der Waals surface area contributed by atoms with E-state index in [2.05, 4.69) is 45.0 Å². The van der Waals surface area contributed by atoms with Gasteiger partial charge in [-0.1, -0.05) is 32.9 Å². The molecule has 4 N–H and O–H groups in total. The Morgan fingerprint density at radius 3 is 1.55 bits per heavy atom. The molecule has 2 aromatic rings. The third-order valence-corrected chi connectivity index (χ3v) is 4.03. The van der Waals surface area contributed by atoms with E-state index >= 15 is 0 Å². The largest absolute Gasteiger partial charge is 0.399 e. The second-order valence-electron chi connectivity index (χ2n) is 5.35. The first-order valence-electron chi connectivity index (χ1n) is 7.33. The number of nitrogens with two attached hydrogens (primary N) is 2. The Hall–Kier alpha value is -1.96. The Morgan fingerprint density at radius 1 is 0.800 bits per heavy atom. The minimum atomic E-state index is 0.362. The molecule has 0 amide bonds. The first kappa shape index (κ1) is 14.4. The van der Waals surface area contributed by atoms with Crippen LogP contribution < -0.4 is 11.5 Å². The third kappa shape index (κ3) is 2.79. The van der Waals surface area contributed by atoms with Gasteiger partial charge in [0, 0.05) is 17.3 Å². The summed E-state index contributed by atoms with van der Waals surface area (Å²) in [6.45, 7) is 6.61. The molecule has 0 radical (unpaired) electrons. The van der Waals surface area contributed by atoms with Crippen molar-refractivity contribution in [3.8, 4) is 0 Å². The van der Waals surface area contributed by atoms with Crippen LogP contribution >= 0.6 is 0 Å². The lowest BCUT2D eigenvalue weighted by Gasteiger charge is -2.20. The molecule has 0 bridgehead atoms. The normalized spacial score (nSPS) is 11.0. The van der Waals surface area contributed by atoms with Crippen molar-refractivity contribution in [2.75, 3.05) is 11.5 Å². The molecule has 0 spiro atoms. The Balaban J connectivity index is 2.48. The lowest BCUT2D eigenvalue weighted by molar-refractivity contribution is 0.872. The van der Waals surface area contributed by atoms with E-state index < -0.39 is 0 Å². The zero-order chi connectivity index (χ0) is 14.7. The standard InChI is InChI=1S/C18H24N2/c1-4-13-10-15(19)6-8-17(13)12(3)18-9-7-16(20)11-14(18)5-2/h6-12H,4-5,19-20H2,1-3H3. The molecule has 2 heteroatoms. The van der Waals surface area contributed by atoms with Crippen LogP contribution in [-0.4, -0.2) is 0 Å². The number of nitrogen functional groups attached to an aromatic ring is 2. The van der Waals surface area contributed by atoms with E-state index in [1.165, 1.54) is 22.3 Å². The molecule has 0 saturated heterocycles. The average Bonchev–Trinajstić information content (AvgIpc) is 2.46. The highest BCUT2D eigenvalue weighted by molar-refractivity contribution is 5.51. The van der Waals surface area contributed by atoms with Crippen LogP contribution in [0.5, 0.6) is 0 Å². The summed E-state index contributed by atoms with van der Waals surface area (Å²) in [7, 11) is 0. The third-order valence-electron chi connectivity index (χ3n) is 4.03. The van der Waals surface area contributed by atoms with Crippen molar-refractivity contribution in [3.63, 3.8) is 0 Å². The number of hydrogen-bond donors (Lipinski definition) is 2. The van der Waals surface area contributed by atoms with E-state index in [9.17, 15) is 0 Å². The molecule has 0 atom stereocenters. The molecule has 2 nitrogen and oxygen atoms in total. The average molecular weight is 268 g/mol. The fourth-order valence-electron chi connectivity index (χ4n) is 2.88. The highest BCUT2D eigenvalue weighted by Crippen LogP contribution is 2.31. The van der Waals surface area contributed by atoms with Gasteiger partial charge in [0.05, 0.1) is 0 Å². The van der Waals surface area contributed by atoms with E-state index in [4.69, 9.17) is 11.5 Å². The summed E-state index contributed by atoms with van der Waals surface area (Å²) in [6.07, 6.45) is 2.00. The van der Waals surface area contributed by atoms with Crippen molar-refractivity contribution in [1.82, 2.24) is 0 Å². The summed E-state index contributed by atoms with van der Waals surface area (Å²) in [4.78, 5) is 0. The maximum absolute atomic E-state index is 5.90. The Bertz CT molecular complexity index is 549. The molecule has 106 valence electrons. The smallest absolute Gasteiger partial charge is 0.0316 e. The van der Waals surface area contributed by atoms with Gasteiger partial charge in [-0.15, -0.1) is 0 Å². The monoisotopic (exact) mass is 268 g/mol. The molecule has 0 aromatic heterocycles. The predicted molar refractivity (Wildman–Crippen MR) is 88.0 cm³/mol. The zero-order valence-corrected chi connectivity index (χ0v) is 12.6. The minimum Gasteiger partial charge on any atom is -0.399 e. The minimum absolute atomic E-state index is 0.362. The van der Waals surface area contributed by atoms with E-state index in [1.54, 1.807) is 0 Å². The summed E-state index contributed by atoms with van der Waals surface area (Å²) in [5.41, 5.74) is 18.9. The summed E-state index contributed by atoms with van der Waals surface area (Å²) in [5, 5.41) is 0. The van der Waals surface area contributed by atoms with Gasteiger partial charge in [0.2, 0.25) is 0 Å². The predicted octanol–water partition coefficient (Wildman–Crippen LogP) is 4.13. The number of aryl methyl sites for hydroxylation is 2. The number of hydrogen-bond acceptors (Lipinski definition) is 2. The zero-order valence-electron chi connectivity index (χ0n) is 12.6. The van der Waals surface area contributed by atoms with Crippen molar-refractivity contribution < 1.29 is 0 Å². The first-order valence-corrected chi connectivity index (χ1v) is 7.33. The van der Waals surface area contributed by atoms with E-state index in [0.29, 0.717) is 5.92 Å². The lowest BCUT2D eigenvalue weighted by atomic mass is 9.85. The maximum Gasteiger partial charge on any atom is 0.0316 e. The Kier molecular flexibility index (Phi) is 4.33. The SMILES string of the molecule is CCc1cc(N)ccc1C(C)c1ccc(N)cc1CC. The van der Waals surface area contributed by atoms with Crippen molar-refractivity contribution in [1.29, 1.82) is 0 Å². The van der Waals surface area contributed by atoms with E-state index in [0.717, 1.165) is 24.2 Å². The molecule has 0 aliphatic carbocycles. The van der Waals surface area contributed by atoms with Gasteiger partial charge in [0.1, 0.15) is 0 Å². The molecule has 0 saturated carbocycles. The molecule has 20 heavy (non-hydrogen) atoms. The lowest BCUT2D eigenvalue weighted by Crippen LogP contribution is -2.05. The fraction of sp³-hybridized carbons (Fsp3) is 0.333. The van der Waals surface area contributed by atoms with Crippen molar-refractivity contribution >= 4 is 11.4 Å². The second-order valence-corrected chi connectivity index (χ2v) is 5.35.